The minimum Gasteiger partial charge on any atom is -0.480 e. The number of pyridine rings is 1. The highest BCUT2D eigenvalue weighted by Gasteiger charge is 2.30. The largest absolute Gasteiger partial charge is 0.480 e. The Kier molecular flexibility index (Phi) is 2.93. The Hall–Kier alpha value is -1.07. The number of aliphatic carboxylic acids is 1. The van der Waals surface area contributed by atoms with Crippen LogP contribution in [0.1, 0.15) is 16.6 Å². The molecule has 80 valence electrons. The first-order valence-corrected chi connectivity index (χ1v) is 5.74. The molecule has 1 aromatic rings. The Bertz CT molecular complexity index is 366. The van der Waals surface area contributed by atoms with Gasteiger partial charge in [0.05, 0.1) is 5.37 Å². The molecule has 0 spiro atoms. The van der Waals surface area contributed by atoms with E-state index in [0.717, 1.165) is 11.3 Å². The van der Waals surface area contributed by atoms with Crippen molar-refractivity contribution in [3.8, 4) is 0 Å². The molecule has 0 bridgehead atoms. The minimum atomic E-state index is -0.787. The summed E-state index contributed by atoms with van der Waals surface area (Å²) in [6.45, 7) is 1.93. The average Bonchev–Trinajstić information content (AvgIpc) is 2.68. The summed E-state index contributed by atoms with van der Waals surface area (Å²) in [5, 5.41) is 11.9. The first-order chi connectivity index (χ1) is 7.16. The lowest BCUT2D eigenvalue weighted by Crippen LogP contribution is -2.33. The quantitative estimate of drug-likeness (QED) is 0.789. The number of nitrogens with one attached hydrogen (secondary N) is 1. The molecule has 1 aliphatic rings. The van der Waals surface area contributed by atoms with Crippen molar-refractivity contribution in [2.45, 2.75) is 18.3 Å². The van der Waals surface area contributed by atoms with Gasteiger partial charge in [0, 0.05) is 17.6 Å². The van der Waals surface area contributed by atoms with Crippen LogP contribution < -0.4 is 5.32 Å². The number of carboxylic acid groups (broad SMARTS) is 1. The normalized spacial score (nSPS) is 25.4. The Morgan fingerprint density at radius 1 is 1.67 bits per heavy atom. The molecule has 0 radical (unpaired) electrons. The number of hydrogen-bond donors (Lipinski definition) is 2. The van der Waals surface area contributed by atoms with Crippen LogP contribution >= 0.6 is 11.8 Å². The number of aromatic nitrogens is 1. The first-order valence-electron chi connectivity index (χ1n) is 4.70. The van der Waals surface area contributed by atoms with Crippen LogP contribution in [0.5, 0.6) is 0 Å². The van der Waals surface area contributed by atoms with Gasteiger partial charge in [-0.3, -0.25) is 15.1 Å². The van der Waals surface area contributed by atoms with Gasteiger partial charge in [0.25, 0.3) is 0 Å². The molecule has 0 amide bonds. The fourth-order valence-electron chi connectivity index (χ4n) is 1.44. The molecular weight excluding hydrogens is 212 g/mol. The highest BCUT2D eigenvalue weighted by atomic mass is 32.2. The highest BCUT2D eigenvalue weighted by molar-refractivity contribution is 7.99. The molecule has 0 aliphatic carbocycles. The van der Waals surface area contributed by atoms with Gasteiger partial charge in [0.15, 0.2) is 0 Å². The Balaban J connectivity index is 2.07. The van der Waals surface area contributed by atoms with Crippen molar-refractivity contribution >= 4 is 17.7 Å². The van der Waals surface area contributed by atoms with Gasteiger partial charge in [-0.25, -0.2) is 0 Å². The van der Waals surface area contributed by atoms with Crippen LogP contribution in [0.2, 0.25) is 0 Å². The molecule has 1 aromatic heterocycles. The van der Waals surface area contributed by atoms with Gasteiger partial charge in [-0.15, -0.1) is 11.8 Å². The summed E-state index contributed by atoms with van der Waals surface area (Å²) >= 11 is 1.61. The van der Waals surface area contributed by atoms with Gasteiger partial charge in [-0.05, 0) is 18.6 Å². The predicted molar refractivity (Wildman–Crippen MR) is 58.7 cm³/mol. The first kappa shape index (κ1) is 10.4. The van der Waals surface area contributed by atoms with Crippen molar-refractivity contribution in [2.24, 2.45) is 0 Å². The van der Waals surface area contributed by atoms with E-state index in [1.165, 1.54) is 0 Å². The zero-order valence-corrected chi connectivity index (χ0v) is 9.12. The second-order valence-electron chi connectivity index (χ2n) is 3.50. The molecule has 15 heavy (non-hydrogen) atoms. The third-order valence-corrected chi connectivity index (χ3v) is 3.58. The van der Waals surface area contributed by atoms with E-state index < -0.39 is 12.0 Å². The van der Waals surface area contributed by atoms with E-state index in [1.54, 1.807) is 18.0 Å². The molecule has 0 aromatic carbocycles. The number of aryl methyl sites for hydroxylation is 1. The summed E-state index contributed by atoms with van der Waals surface area (Å²) in [6.07, 6.45) is 1.80. The summed E-state index contributed by atoms with van der Waals surface area (Å²) in [7, 11) is 0. The van der Waals surface area contributed by atoms with Crippen molar-refractivity contribution < 1.29 is 9.90 Å². The van der Waals surface area contributed by atoms with Crippen molar-refractivity contribution in [3.05, 3.63) is 29.6 Å². The lowest BCUT2D eigenvalue weighted by molar-refractivity contribution is -0.138. The minimum absolute atomic E-state index is 0.0548. The molecule has 0 saturated carbocycles. The summed E-state index contributed by atoms with van der Waals surface area (Å²) in [4.78, 5) is 14.9. The lowest BCUT2D eigenvalue weighted by Gasteiger charge is -2.10. The molecule has 2 N–H and O–H groups in total. The number of hydrogen-bond acceptors (Lipinski definition) is 4. The van der Waals surface area contributed by atoms with Gasteiger partial charge in [0.2, 0.25) is 0 Å². The standard InChI is InChI=1S/C10H12N2O2S/c1-6-2-3-7(4-11-6)9-12-8(5-15-9)10(13)14/h2-4,8-9,12H,5H2,1H3,(H,13,14)/t8-,9?/m0/s1. The van der Waals surface area contributed by atoms with Crippen LogP contribution in [0.4, 0.5) is 0 Å². The topological polar surface area (TPSA) is 62.2 Å². The van der Waals surface area contributed by atoms with Crippen LogP contribution in [0.25, 0.3) is 0 Å². The maximum Gasteiger partial charge on any atom is 0.321 e. The van der Waals surface area contributed by atoms with Gasteiger partial charge < -0.3 is 5.11 Å². The molecule has 1 saturated heterocycles. The average molecular weight is 224 g/mol. The molecule has 2 rings (SSSR count). The molecule has 1 unspecified atom stereocenters. The summed E-state index contributed by atoms with van der Waals surface area (Å²) in [5.41, 5.74) is 2.01. The number of nitrogens with zero attached hydrogens (tertiary/aromatic N) is 1. The Labute approximate surface area is 92.1 Å². The highest BCUT2D eigenvalue weighted by Crippen LogP contribution is 2.32. The molecule has 2 heterocycles. The Morgan fingerprint density at radius 3 is 3.00 bits per heavy atom. The van der Waals surface area contributed by atoms with E-state index in [2.05, 4.69) is 10.3 Å². The fraction of sp³-hybridized carbons (Fsp3) is 0.400. The maximum absolute atomic E-state index is 10.7. The number of rotatable bonds is 2. The summed E-state index contributed by atoms with van der Waals surface area (Å²) in [6, 6.07) is 3.48. The molecule has 1 aliphatic heterocycles. The molecular formula is C10H12N2O2S. The smallest absolute Gasteiger partial charge is 0.321 e. The second kappa shape index (κ2) is 4.20. The van der Waals surface area contributed by atoms with E-state index >= 15 is 0 Å². The number of thioether (sulfide) groups is 1. The molecule has 5 heteroatoms. The van der Waals surface area contributed by atoms with Crippen molar-refractivity contribution in [2.75, 3.05) is 5.75 Å². The molecule has 4 nitrogen and oxygen atoms in total. The number of carboxylic acids is 1. The molecule has 2 atom stereocenters. The maximum atomic E-state index is 10.7. The third kappa shape index (κ3) is 2.30. The van der Waals surface area contributed by atoms with E-state index in [9.17, 15) is 4.79 Å². The summed E-state index contributed by atoms with van der Waals surface area (Å²) < 4.78 is 0. The van der Waals surface area contributed by atoms with E-state index in [0.29, 0.717) is 5.75 Å². The van der Waals surface area contributed by atoms with Crippen LogP contribution in [0, 0.1) is 6.92 Å². The van der Waals surface area contributed by atoms with E-state index in [1.807, 2.05) is 19.1 Å². The predicted octanol–water partition coefficient (Wildman–Crippen LogP) is 1.18. The third-order valence-electron chi connectivity index (χ3n) is 2.32. The molecule has 1 fully saturated rings. The lowest BCUT2D eigenvalue weighted by atomic mass is 10.2. The second-order valence-corrected chi connectivity index (χ2v) is 4.64. The van der Waals surface area contributed by atoms with E-state index in [-0.39, 0.29) is 5.37 Å². The fourth-order valence-corrected chi connectivity index (χ4v) is 2.66. The van der Waals surface area contributed by atoms with Crippen molar-refractivity contribution in [1.29, 1.82) is 0 Å². The van der Waals surface area contributed by atoms with Crippen molar-refractivity contribution in [1.82, 2.24) is 10.3 Å². The van der Waals surface area contributed by atoms with Crippen LogP contribution in [0.15, 0.2) is 18.3 Å². The van der Waals surface area contributed by atoms with E-state index in [4.69, 9.17) is 5.11 Å². The van der Waals surface area contributed by atoms with Crippen LogP contribution in [-0.4, -0.2) is 27.9 Å². The van der Waals surface area contributed by atoms with Gasteiger partial charge in [-0.1, -0.05) is 6.07 Å². The van der Waals surface area contributed by atoms with Crippen LogP contribution in [0.3, 0.4) is 0 Å². The van der Waals surface area contributed by atoms with Crippen molar-refractivity contribution in [3.63, 3.8) is 0 Å². The Morgan fingerprint density at radius 2 is 2.47 bits per heavy atom. The zero-order chi connectivity index (χ0) is 10.8. The zero-order valence-electron chi connectivity index (χ0n) is 8.30. The SMILES string of the molecule is Cc1ccc(C2N[C@H](C(=O)O)CS2)cn1. The summed E-state index contributed by atoms with van der Waals surface area (Å²) in [5.74, 6) is -0.182. The van der Waals surface area contributed by atoms with Gasteiger partial charge in [-0.2, -0.15) is 0 Å². The van der Waals surface area contributed by atoms with Gasteiger partial charge >= 0.3 is 5.97 Å². The monoisotopic (exact) mass is 224 g/mol. The number of carbonyl (C=O) groups is 1. The van der Waals surface area contributed by atoms with Crippen LogP contribution in [-0.2, 0) is 4.79 Å². The van der Waals surface area contributed by atoms with Gasteiger partial charge in [0.1, 0.15) is 6.04 Å².